The Morgan fingerprint density at radius 1 is 1.43 bits per heavy atom. The highest BCUT2D eigenvalue weighted by atomic mass is 127. The minimum Gasteiger partial charge on any atom is -0.427 e. The first-order chi connectivity index (χ1) is 6.47. The summed E-state index contributed by atoms with van der Waals surface area (Å²) in [4.78, 5) is 3.74. The molecule has 74 valence electrons. The summed E-state index contributed by atoms with van der Waals surface area (Å²) >= 11 is 2.09. The van der Waals surface area contributed by atoms with Gasteiger partial charge >= 0.3 is 14.3 Å². The maximum absolute atomic E-state index is 10.9. The standard InChI is InChI=1S/C7H3ClINO3S/c8-14(11,12)7-10-5-2-1-4(9)3-6(5)13-7/h1-3H. The van der Waals surface area contributed by atoms with Crippen molar-refractivity contribution in [2.75, 3.05) is 0 Å². The average molecular weight is 344 g/mol. The smallest absolute Gasteiger partial charge is 0.332 e. The van der Waals surface area contributed by atoms with Gasteiger partial charge < -0.3 is 4.42 Å². The van der Waals surface area contributed by atoms with Crippen LogP contribution in [0.2, 0.25) is 0 Å². The number of benzene rings is 1. The van der Waals surface area contributed by atoms with E-state index < -0.39 is 14.3 Å². The molecule has 0 aliphatic carbocycles. The summed E-state index contributed by atoms with van der Waals surface area (Å²) < 4.78 is 27.7. The normalized spacial score (nSPS) is 12.1. The van der Waals surface area contributed by atoms with Gasteiger partial charge in [-0.15, -0.1) is 0 Å². The molecule has 0 unspecified atom stereocenters. The van der Waals surface area contributed by atoms with Crippen LogP contribution in [-0.4, -0.2) is 13.4 Å². The van der Waals surface area contributed by atoms with E-state index in [1.807, 2.05) is 0 Å². The molecule has 0 aliphatic heterocycles. The van der Waals surface area contributed by atoms with Gasteiger partial charge in [-0.1, -0.05) is 0 Å². The lowest BCUT2D eigenvalue weighted by Gasteiger charge is -1.86. The summed E-state index contributed by atoms with van der Waals surface area (Å²) in [7, 11) is 1.20. The molecule has 0 spiro atoms. The molecule has 0 aliphatic rings. The van der Waals surface area contributed by atoms with Crippen LogP contribution < -0.4 is 0 Å². The van der Waals surface area contributed by atoms with Crippen molar-refractivity contribution >= 4 is 53.4 Å². The van der Waals surface area contributed by atoms with Gasteiger partial charge in [0.25, 0.3) is 0 Å². The predicted octanol–water partition coefficient (Wildman–Crippen LogP) is 2.36. The lowest BCUT2D eigenvalue weighted by Crippen LogP contribution is -1.88. The van der Waals surface area contributed by atoms with Crippen molar-refractivity contribution in [1.82, 2.24) is 4.98 Å². The minimum atomic E-state index is -3.89. The van der Waals surface area contributed by atoms with Crippen LogP contribution in [0.15, 0.2) is 27.8 Å². The lowest BCUT2D eigenvalue weighted by atomic mass is 10.3. The van der Waals surface area contributed by atoms with E-state index in [0.29, 0.717) is 11.1 Å². The fraction of sp³-hybridized carbons (Fsp3) is 0. The maximum atomic E-state index is 10.9. The molecule has 14 heavy (non-hydrogen) atoms. The third-order valence-electron chi connectivity index (χ3n) is 1.54. The van der Waals surface area contributed by atoms with Crippen molar-refractivity contribution in [2.24, 2.45) is 0 Å². The molecule has 0 saturated carbocycles. The van der Waals surface area contributed by atoms with Gasteiger partial charge in [0, 0.05) is 14.3 Å². The van der Waals surface area contributed by atoms with Gasteiger partial charge in [-0.25, -0.2) is 8.42 Å². The van der Waals surface area contributed by atoms with Crippen LogP contribution >= 0.6 is 33.3 Å². The Balaban J connectivity index is 2.75. The number of oxazole rings is 1. The molecule has 2 aromatic rings. The number of nitrogens with zero attached hydrogens (tertiary/aromatic N) is 1. The van der Waals surface area contributed by atoms with Crippen molar-refractivity contribution in [3.63, 3.8) is 0 Å². The Morgan fingerprint density at radius 2 is 2.14 bits per heavy atom. The highest BCUT2D eigenvalue weighted by molar-refractivity contribution is 14.1. The molecule has 7 heteroatoms. The van der Waals surface area contributed by atoms with Crippen molar-refractivity contribution in [1.29, 1.82) is 0 Å². The van der Waals surface area contributed by atoms with Gasteiger partial charge in [-0.05, 0) is 40.8 Å². The molecule has 2 rings (SSSR count). The third kappa shape index (κ3) is 1.86. The Bertz CT molecular complexity index is 592. The van der Waals surface area contributed by atoms with Crippen LogP contribution in [0, 0.1) is 3.57 Å². The number of halogens is 2. The van der Waals surface area contributed by atoms with E-state index in [1.165, 1.54) is 0 Å². The van der Waals surface area contributed by atoms with E-state index in [4.69, 9.17) is 15.1 Å². The second-order valence-corrected chi connectivity index (χ2v) is 6.22. The van der Waals surface area contributed by atoms with Gasteiger partial charge in [-0.3, -0.25) is 0 Å². The SMILES string of the molecule is O=S(=O)(Cl)c1nc2ccc(I)cc2o1. The number of hydrogen-bond donors (Lipinski definition) is 0. The van der Waals surface area contributed by atoms with Gasteiger partial charge in [-0.2, -0.15) is 4.98 Å². The van der Waals surface area contributed by atoms with Crippen molar-refractivity contribution in [3.8, 4) is 0 Å². The average Bonchev–Trinajstić information content (AvgIpc) is 2.45. The topological polar surface area (TPSA) is 60.2 Å². The Morgan fingerprint density at radius 3 is 2.79 bits per heavy atom. The fourth-order valence-corrected chi connectivity index (χ4v) is 2.04. The van der Waals surface area contributed by atoms with Crippen LogP contribution in [0.4, 0.5) is 0 Å². The van der Waals surface area contributed by atoms with Gasteiger partial charge in [0.15, 0.2) is 5.58 Å². The molecule has 1 heterocycles. The van der Waals surface area contributed by atoms with E-state index in [2.05, 4.69) is 27.6 Å². The molecular formula is C7H3ClINO3S. The lowest BCUT2D eigenvalue weighted by molar-refractivity contribution is 0.464. The summed E-state index contributed by atoms with van der Waals surface area (Å²) in [5.74, 6) is 0. The summed E-state index contributed by atoms with van der Waals surface area (Å²) in [5.41, 5.74) is 0.890. The van der Waals surface area contributed by atoms with Crippen molar-refractivity contribution < 1.29 is 12.8 Å². The Kier molecular flexibility index (Phi) is 2.44. The van der Waals surface area contributed by atoms with Gasteiger partial charge in [0.05, 0.1) is 0 Å². The molecule has 0 atom stereocenters. The van der Waals surface area contributed by atoms with E-state index in [-0.39, 0.29) is 0 Å². The fourth-order valence-electron chi connectivity index (χ4n) is 0.982. The molecule has 0 bridgehead atoms. The van der Waals surface area contributed by atoms with Crippen molar-refractivity contribution in [2.45, 2.75) is 5.22 Å². The summed E-state index contributed by atoms with van der Waals surface area (Å²) in [6.45, 7) is 0. The second kappa shape index (κ2) is 3.35. The summed E-state index contributed by atoms with van der Waals surface area (Å²) in [5, 5.41) is -0.462. The van der Waals surface area contributed by atoms with E-state index in [1.54, 1.807) is 18.2 Å². The first kappa shape index (κ1) is 10.2. The molecule has 0 amide bonds. The molecule has 0 fully saturated rings. The van der Waals surface area contributed by atoms with Crippen LogP contribution in [0.5, 0.6) is 0 Å². The van der Waals surface area contributed by atoms with E-state index >= 15 is 0 Å². The zero-order valence-electron chi connectivity index (χ0n) is 6.57. The third-order valence-corrected chi connectivity index (χ3v) is 3.20. The highest BCUT2D eigenvalue weighted by Gasteiger charge is 2.18. The van der Waals surface area contributed by atoms with Crippen LogP contribution in [-0.2, 0) is 9.05 Å². The number of aromatic nitrogens is 1. The van der Waals surface area contributed by atoms with E-state index in [0.717, 1.165) is 3.57 Å². The largest absolute Gasteiger partial charge is 0.427 e. The maximum Gasteiger partial charge on any atom is 0.332 e. The molecule has 0 N–H and O–H groups in total. The Hall–Kier alpha value is -0.340. The first-order valence-electron chi connectivity index (χ1n) is 3.47. The van der Waals surface area contributed by atoms with Gasteiger partial charge in [0.2, 0.25) is 0 Å². The zero-order valence-corrected chi connectivity index (χ0v) is 10.3. The highest BCUT2D eigenvalue weighted by Crippen LogP contribution is 2.22. The monoisotopic (exact) mass is 343 g/mol. The van der Waals surface area contributed by atoms with Crippen LogP contribution in [0.1, 0.15) is 0 Å². The first-order valence-corrected chi connectivity index (χ1v) is 6.86. The predicted molar refractivity (Wildman–Crippen MR) is 59.8 cm³/mol. The zero-order chi connectivity index (χ0) is 10.3. The molecule has 4 nitrogen and oxygen atoms in total. The molecular weight excluding hydrogens is 341 g/mol. The number of rotatable bonds is 1. The van der Waals surface area contributed by atoms with Crippen molar-refractivity contribution in [3.05, 3.63) is 21.8 Å². The van der Waals surface area contributed by atoms with E-state index in [9.17, 15) is 8.42 Å². The molecule has 0 radical (unpaired) electrons. The molecule has 1 aromatic heterocycles. The number of fused-ring (bicyclic) bond motifs is 1. The summed E-state index contributed by atoms with van der Waals surface area (Å²) in [6.07, 6.45) is 0. The van der Waals surface area contributed by atoms with Crippen LogP contribution in [0.3, 0.4) is 0 Å². The van der Waals surface area contributed by atoms with Crippen LogP contribution in [0.25, 0.3) is 11.1 Å². The summed E-state index contributed by atoms with van der Waals surface area (Å²) in [6, 6.07) is 5.16. The van der Waals surface area contributed by atoms with Gasteiger partial charge in [0.1, 0.15) is 5.52 Å². The minimum absolute atomic E-state index is 0.413. The molecule has 1 aromatic carbocycles. The second-order valence-electron chi connectivity index (χ2n) is 2.53. The molecule has 0 saturated heterocycles. The Labute approximate surface area is 97.8 Å². The number of hydrogen-bond acceptors (Lipinski definition) is 4. The quantitative estimate of drug-likeness (QED) is 0.589.